The Morgan fingerprint density at radius 2 is 1.27 bits per heavy atom. The lowest BCUT2D eigenvalue weighted by molar-refractivity contribution is -0.150. The van der Waals surface area contributed by atoms with Crippen LogP contribution in [0.5, 0.6) is 0 Å². The number of carbonyl (C=O) groups is 3. The molecule has 1 atom stereocenters. The van der Waals surface area contributed by atoms with E-state index in [1.54, 1.807) is 30.3 Å². The summed E-state index contributed by atoms with van der Waals surface area (Å²) in [5.41, 5.74) is 2.64. The molecule has 1 aliphatic carbocycles. The Hall–Kier alpha value is -2.75. The van der Waals surface area contributed by atoms with Gasteiger partial charge in [0.2, 0.25) is 0 Å². The molecule has 2 aromatic carbocycles. The molecular weight excluding hydrogens is 496 g/mol. The van der Waals surface area contributed by atoms with Crippen molar-refractivity contribution < 1.29 is 19.1 Å². The smallest absolute Gasteiger partial charge is 0.309 e. The summed E-state index contributed by atoms with van der Waals surface area (Å²) >= 11 is 0. The normalized spacial score (nSPS) is 13.8. The van der Waals surface area contributed by atoms with Gasteiger partial charge in [0.05, 0.1) is 12.5 Å². The van der Waals surface area contributed by atoms with E-state index in [-0.39, 0.29) is 34.8 Å². The summed E-state index contributed by atoms with van der Waals surface area (Å²) < 4.78 is 5.72. The summed E-state index contributed by atoms with van der Waals surface area (Å²) in [6.07, 6.45) is 14.1. The van der Waals surface area contributed by atoms with Crippen molar-refractivity contribution in [3.8, 4) is 0 Å². The number of hydrogen-bond acceptors (Lipinski definition) is 4. The number of rotatable bonds is 17. The van der Waals surface area contributed by atoms with E-state index in [9.17, 15) is 14.4 Å². The first-order valence-corrected chi connectivity index (χ1v) is 15.7. The van der Waals surface area contributed by atoms with Crippen LogP contribution in [-0.2, 0) is 14.9 Å². The van der Waals surface area contributed by atoms with Gasteiger partial charge in [-0.05, 0) is 48.3 Å². The standard InChI is InChI=1S/C36H50O4/c1-6-7-8-9-10-11-12-13-14-17-24-40-35(39)28(26(2)3)22-23-36(4,5)27-20-21-31-32(25-27)34(38)30-19-16-15-18-29(30)33(31)37/h15-16,18-21,25-26,28H,6-14,17,22-24H2,1-5H3. The Morgan fingerprint density at radius 3 is 1.85 bits per heavy atom. The van der Waals surface area contributed by atoms with Crippen molar-refractivity contribution in [2.45, 2.75) is 117 Å². The lowest BCUT2D eigenvalue weighted by Crippen LogP contribution is -2.27. The summed E-state index contributed by atoms with van der Waals surface area (Å²) in [6.45, 7) is 11.2. The first-order valence-electron chi connectivity index (χ1n) is 15.7. The second-order valence-electron chi connectivity index (χ2n) is 12.6. The minimum Gasteiger partial charge on any atom is -0.465 e. The molecule has 218 valence electrons. The molecule has 0 fully saturated rings. The Morgan fingerprint density at radius 1 is 0.750 bits per heavy atom. The Bertz CT molecular complexity index is 1140. The van der Waals surface area contributed by atoms with Gasteiger partial charge in [0.15, 0.2) is 11.6 Å². The van der Waals surface area contributed by atoms with Crippen LogP contribution in [0.2, 0.25) is 0 Å². The SMILES string of the molecule is CCCCCCCCCCCCOC(=O)C(CCC(C)(C)c1ccc2c(c1)C(=O)c1ccccc1C2=O)C(C)C. The molecule has 0 radical (unpaired) electrons. The first kappa shape index (κ1) is 31.8. The van der Waals surface area contributed by atoms with Gasteiger partial charge < -0.3 is 4.74 Å². The molecule has 0 spiro atoms. The van der Waals surface area contributed by atoms with Crippen molar-refractivity contribution in [1.29, 1.82) is 0 Å². The molecule has 2 aromatic rings. The van der Waals surface area contributed by atoms with Crippen LogP contribution in [0, 0.1) is 11.8 Å². The van der Waals surface area contributed by atoms with E-state index in [0.29, 0.717) is 35.3 Å². The van der Waals surface area contributed by atoms with E-state index in [2.05, 4.69) is 34.6 Å². The lowest BCUT2D eigenvalue weighted by atomic mass is 9.74. The highest BCUT2D eigenvalue weighted by molar-refractivity contribution is 6.28. The van der Waals surface area contributed by atoms with Crippen molar-refractivity contribution in [3.05, 3.63) is 70.3 Å². The molecule has 3 rings (SSSR count). The van der Waals surface area contributed by atoms with Crippen molar-refractivity contribution >= 4 is 17.5 Å². The fraction of sp³-hybridized carbons (Fsp3) is 0.583. The van der Waals surface area contributed by atoms with Crippen LogP contribution in [0.3, 0.4) is 0 Å². The highest BCUT2D eigenvalue weighted by Crippen LogP contribution is 2.35. The van der Waals surface area contributed by atoms with Gasteiger partial charge in [-0.15, -0.1) is 0 Å². The Labute approximate surface area is 242 Å². The van der Waals surface area contributed by atoms with E-state index in [4.69, 9.17) is 4.74 Å². The second-order valence-corrected chi connectivity index (χ2v) is 12.6. The Balaban J connectivity index is 1.49. The molecule has 0 heterocycles. The van der Waals surface area contributed by atoms with Gasteiger partial charge in [0.25, 0.3) is 0 Å². The Kier molecular flexibility index (Phi) is 12.2. The zero-order valence-electron chi connectivity index (χ0n) is 25.5. The van der Waals surface area contributed by atoms with Crippen LogP contribution in [0.25, 0.3) is 0 Å². The maximum atomic E-state index is 13.2. The van der Waals surface area contributed by atoms with Gasteiger partial charge in [0.1, 0.15) is 0 Å². The number of carbonyl (C=O) groups excluding carboxylic acids is 3. The number of ether oxygens (including phenoxy) is 1. The summed E-state index contributed by atoms with van der Waals surface area (Å²) in [4.78, 5) is 39.2. The van der Waals surface area contributed by atoms with Gasteiger partial charge in [-0.2, -0.15) is 0 Å². The quantitative estimate of drug-likeness (QED) is 0.125. The van der Waals surface area contributed by atoms with Crippen molar-refractivity contribution in [2.75, 3.05) is 6.61 Å². The molecule has 0 aliphatic heterocycles. The summed E-state index contributed by atoms with van der Waals surface area (Å²) in [5.74, 6) is -0.257. The molecule has 0 saturated carbocycles. The molecule has 0 N–H and O–H groups in total. The van der Waals surface area contributed by atoms with Gasteiger partial charge in [-0.25, -0.2) is 0 Å². The molecule has 1 aliphatic rings. The fourth-order valence-corrected chi connectivity index (χ4v) is 5.77. The number of ketones is 2. The van der Waals surface area contributed by atoms with Crippen molar-refractivity contribution in [1.82, 2.24) is 0 Å². The topological polar surface area (TPSA) is 60.4 Å². The van der Waals surface area contributed by atoms with Crippen molar-refractivity contribution in [3.63, 3.8) is 0 Å². The number of esters is 1. The number of hydrogen-bond donors (Lipinski definition) is 0. The van der Waals surface area contributed by atoms with Crippen LogP contribution < -0.4 is 0 Å². The molecule has 1 unspecified atom stereocenters. The second kappa shape index (κ2) is 15.3. The zero-order chi connectivity index (χ0) is 29.1. The molecular formula is C36H50O4. The maximum Gasteiger partial charge on any atom is 0.309 e. The van der Waals surface area contributed by atoms with Crippen LogP contribution in [0.15, 0.2) is 42.5 Å². The van der Waals surface area contributed by atoms with E-state index >= 15 is 0 Å². The molecule has 0 bridgehead atoms. The molecule has 0 amide bonds. The van der Waals surface area contributed by atoms with Crippen molar-refractivity contribution in [2.24, 2.45) is 11.8 Å². The minimum absolute atomic E-state index is 0.0930. The largest absolute Gasteiger partial charge is 0.465 e. The predicted octanol–water partition coefficient (Wildman–Crippen LogP) is 9.26. The monoisotopic (exact) mass is 546 g/mol. The van der Waals surface area contributed by atoms with Gasteiger partial charge >= 0.3 is 5.97 Å². The third kappa shape index (κ3) is 8.38. The van der Waals surface area contributed by atoms with Crippen LogP contribution in [0.4, 0.5) is 0 Å². The van der Waals surface area contributed by atoms with Crippen LogP contribution in [0.1, 0.15) is 149 Å². The molecule has 0 saturated heterocycles. The summed E-state index contributed by atoms with van der Waals surface area (Å²) in [7, 11) is 0. The van der Waals surface area contributed by atoms with E-state index in [0.717, 1.165) is 24.8 Å². The van der Waals surface area contributed by atoms with Crippen LogP contribution >= 0.6 is 0 Å². The van der Waals surface area contributed by atoms with E-state index < -0.39 is 0 Å². The van der Waals surface area contributed by atoms with Gasteiger partial charge in [0, 0.05) is 22.3 Å². The number of fused-ring (bicyclic) bond motifs is 2. The molecule has 40 heavy (non-hydrogen) atoms. The number of unbranched alkanes of at least 4 members (excludes halogenated alkanes) is 9. The highest BCUT2D eigenvalue weighted by atomic mass is 16.5. The minimum atomic E-state index is -0.265. The van der Waals surface area contributed by atoms with Gasteiger partial charge in [-0.1, -0.05) is 123 Å². The van der Waals surface area contributed by atoms with E-state index in [1.807, 2.05) is 12.1 Å². The number of benzene rings is 2. The van der Waals surface area contributed by atoms with E-state index in [1.165, 1.54) is 51.4 Å². The summed E-state index contributed by atoms with van der Waals surface area (Å²) in [5, 5.41) is 0. The average Bonchev–Trinajstić information content (AvgIpc) is 2.94. The maximum absolute atomic E-state index is 13.2. The fourth-order valence-electron chi connectivity index (χ4n) is 5.77. The summed E-state index contributed by atoms with van der Waals surface area (Å²) in [6, 6.07) is 12.7. The van der Waals surface area contributed by atoms with Gasteiger partial charge in [-0.3, -0.25) is 14.4 Å². The molecule has 4 nitrogen and oxygen atoms in total. The highest BCUT2D eigenvalue weighted by Gasteiger charge is 2.33. The predicted molar refractivity (Wildman–Crippen MR) is 163 cm³/mol. The molecule has 4 heteroatoms. The average molecular weight is 547 g/mol. The third-order valence-electron chi connectivity index (χ3n) is 8.64. The molecule has 0 aromatic heterocycles. The zero-order valence-corrected chi connectivity index (χ0v) is 25.5. The third-order valence-corrected chi connectivity index (χ3v) is 8.64. The van der Waals surface area contributed by atoms with Crippen LogP contribution in [-0.4, -0.2) is 24.1 Å². The lowest BCUT2D eigenvalue weighted by Gasteiger charge is -2.30. The first-order chi connectivity index (χ1) is 19.2.